The van der Waals surface area contributed by atoms with Crippen molar-refractivity contribution in [2.75, 3.05) is 17.1 Å². The molecule has 37 heavy (non-hydrogen) atoms. The molecule has 192 valence electrons. The van der Waals surface area contributed by atoms with Gasteiger partial charge in [-0.1, -0.05) is 6.07 Å². The lowest BCUT2D eigenvalue weighted by Gasteiger charge is -2.09. The Morgan fingerprint density at radius 3 is 2.11 bits per heavy atom. The molecular weight excluding hydrogens is 504 g/mol. The van der Waals surface area contributed by atoms with Gasteiger partial charge in [0.05, 0.1) is 24.4 Å². The molecule has 0 saturated heterocycles. The van der Waals surface area contributed by atoms with Gasteiger partial charge in [0, 0.05) is 25.6 Å². The number of carbonyl (C=O) groups excluding carboxylic acids is 3. The summed E-state index contributed by atoms with van der Waals surface area (Å²) < 4.78 is 42.3. The van der Waals surface area contributed by atoms with E-state index in [9.17, 15) is 22.8 Å². The second-order valence-electron chi connectivity index (χ2n) is 7.29. The van der Waals surface area contributed by atoms with Crippen LogP contribution in [0.15, 0.2) is 65.8 Å². The van der Waals surface area contributed by atoms with Crippen LogP contribution in [0.3, 0.4) is 0 Å². The summed E-state index contributed by atoms with van der Waals surface area (Å²) in [6.45, 7) is 2.41. The Kier molecular flexibility index (Phi) is 8.53. The molecule has 2 N–H and O–H groups in total. The first-order valence-electron chi connectivity index (χ1n) is 10.5. The van der Waals surface area contributed by atoms with Crippen molar-refractivity contribution in [1.29, 1.82) is 0 Å². The number of esters is 2. The van der Waals surface area contributed by atoms with Gasteiger partial charge in [0.15, 0.2) is 17.2 Å². The van der Waals surface area contributed by atoms with Gasteiger partial charge in [-0.25, -0.2) is 23.1 Å². The number of anilines is 2. The van der Waals surface area contributed by atoms with Crippen molar-refractivity contribution in [2.24, 2.45) is 0 Å². The molecule has 0 saturated carbocycles. The van der Waals surface area contributed by atoms with Crippen LogP contribution in [-0.2, 0) is 24.4 Å². The summed E-state index contributed by atoms with van der Waals surface area (Å²) in [6, 6.07) is 9.89. The largest absolute Gasteiger partial charge is 0.494 e. The number of benzene rings is 2. The molecule has 3 aromatic rings. The second kappa shape index (κ2) is 11.8. The zero-order valence-electron chi connectivity index (χ0n) is 19.9. The van der Waals surface area contributed by atoms with E-state index in [4.69, 9.17) is 14.2 Å². The highest BCUT2D eigenvalue weighted by atomic mass is 32.2. The first-order chi connectivity index (χ1) is 17.6. The minimum atomic E-state index is -3.96. The van der Waals surface area contributed by atoms with Gasteiger partial charge in [0.25, 0.3) is 10.0 Å². The van der Waals surface area contributed by atoms with Crippen molar-refractivity contribution in [3.05, 3.63) is 66.5 Å². The van der Waals surface area contributed by atoms with Crippen LogP contribution < -0.4 is 24.2 Å². The maximum atomic E-state index is 12.5. The molecule has 0 unspecified atom stereocenters. The Morgan fingerprint density at radius 2 is 1.51 bits per heavy atom. The summed E-state index contributed by atoms with van der Waals surface area (Å²) in [6.07, 6.45) is 5.33. The van der Waals surface area contributed by atoms with Crippen molar-refractivity contribution >= 4 is 45.6 Å². The smallest absolute Gasteiger partial charge is 0.308 e. The molecule has 12 nitrogen and oxygen atoms in total. The first kappa shape index (κ1) is 26.8. The quantitative estimate of drug-likeness (QED) is 0.241. The molecule has 0 atom stereocenters. The lowest BCUT2D eigenvalue weighted by atomic mass is 10.2. The van der Waals surface area contributed by atoms with Crippen LogP contribution in [-0.4, -0.2) is 43.3 Å². The summed E-state index contributed by atoms with van der Waals surface area (Å²) in [5.41, 5.74) is 0.843. The first-order valence-corrected chi connectivity index (χ1v) is 12.0. The fraction of sp³-hybridized carbons (Fsp3) is 0.125. The molecule has 1 amide bonds. The molecule has 0 spiro atoms. The van der Waals surface area contributed by atoms with Gasteiger partial charge in [-0.2, -0.15) is 0 Å². The normalized spacial score (nSPS) is 11.0. The number of hydrogen-bond donors (Lipinski definition) is 2. The van der Waals surface area contributed by atoms with Crippen molar-refractivity contribution < 1.29 is 37.0 Å². The molecule has 0 aliphatic rings. The number of amides is 1. The number of rotatable bonds is 9. The second-order valence-corrected chi connectivity index (χ2v) is 8.97. The molecule has 2 aromatic carbocycles. The van der Waals surface area contributed by atoms with E-state index in [1.54, 1.807) is 6.07 Å². The van der Waals surface area contributed by atoms with Crippen molar-refractivity contribution in [3.8, 4) is 17.2 Å². The molecule has 1 heterocycles. The van der Waals surface area contributed by atoms with Gasteiger partial charge in [0.2, 0.25) is 11.9 Å². The molecule has 0 aliphatic heterocycles. The Morgan fingerprint density at radius 1 is 0.892 bits per heavy atom. The zero-order valence-corrected chi connectivity index (χ0v) is 20.7. The van der Waals surface area contributed by atoms with Gasteiger partial charge in [0.1, 0.15) is 0 Å². The van der Waals surface area contributed by atoms with Crippen molar-refractivity contribution in [2.45, 2.75) is 18.7 Å². The Bertz CT molecular complexity index is 1440. The average molecular weight is 527 g/mol. The van der Waals surface area contributed by atoms with Crippen LogP contribution in [0.1, 0.15) is 19.4 Å². The SMILES string of the molecule is COc1cnc(NS(=O)(=O)c2ccc(NC(=O)/C=C/c3ccc(OC(C)=O)c(OC(C)=O)c3)cc2)nc1. The summed E-state index contributed by atoms with van der Waals surface area (Å²) >= 11 is 0. The fourth-order valence-electron chi connectivity index (χ4n) is 2.83. The highest BCUT2D eigenvalue weighted by Gasteiger charge is 2.16. The van der Waals surface area contributed by atoms with Crippen molar-refractivity contribution in [3.63, 3.8) is 0 Å². The van der Waals surface area contributed by atoms with E-state index in [1.807, 2.05) is 0 Å². The van der Waals surface area contributed by atoms with Gasteiger partial charge >= 0.3 is 11.9 Å². The molecular formula is C24H22N4O8S. The van der Waals surface area contributed by atoms with Crippen LogP contribution in [0.25, 0.3) is 6.08 Å². The van der Waals surface area contributed by atoms with E-state index in [0.29, 0.717) is 17.0 Å². The minimum Gasteiger partial charge on any atom is -0.494 e. The molecule has 1 aromatic heterocycles. The maximum absolute atomic E-state index is 12.5. The van der Waals surface area contributed by atoms with Crippen LogP contribution in [0.4, 0.5) is 11.6 Å². The maximum Gasteiger partial charge on any atom is 0.308 e. The summed E-state index contributed by atoms with van der Waals surface area (Å²) in [7, 11) is -2.52. The summed E-state index contributed by atoms with van der Waals surface area (Å²) in [5.74, 6) is -1.35. The Hall–Kier alpha value is -4.78. The number of sulfonamides is 1. The minimum absolute atomic E-state index is 0.0238. The van der Waals surface area contributed by atoms with Gasteiger partial charge in [-0.15, -0.1) is 0 Å². The van der Waals surface area contributed by atoms with Crippen LogP contribution in [0.2, 0.25) is 0 Å². The average Bonchev–Trinajstić information content (AvgIpc) is 2.84. The van der Waals surface area contributed by atoms with Crippen molar-refractivity contribution in [1.82, 2.24) is 9.97 Å². The third kappa shape index (κ3) is 7.86. The predicted octanol–water partition coefficient (Wildman–Crippen LogP) is 2.79. The van der Waals surface area contributed by atoms with E-state index < -0.39 is 27.9 Å². The molecule has 0 aliphatic carbocycles. The lowest BCUT2D eigenvalue weighted by molar-refractivity contribution is -0.134. The monoisotopic (exact) mass is 526 g/mol. The molecule has 0 fully saturated rings. The molecule has 0 radical (unpaired) electrons. The van der Waals surface area contributed by atoms with Gasteiger partial charge in [-0.05, 0) is 48.0 Å². The summed E-state index contributed by atoms with van der Waals surface area (Å²) in [4.78, 5) is 42.6. The summed E-state index contributed by atoms with van der Waals surface area (Å²) in [5, 5.41) is 2.60. The number of nitrogens with one attached hydrogen (secondary N) is 2. The van der Waals surface area contributed by atoms with Gasteiger partial charge in [-0.3, -0.25) is 14.4 Å². The number of ether oxygens (including phenoxy) is 3. The standard InChI is InChI=1S/C24H22N4O8S/c1-15(29)35-21-10-4-17(12-22(21)36-16(2)30)5-11-23(31)27-18-6-8-20(9-7-18)37(32,33)28-24-25-13-19(34-3)14-26-24/h4-14H,1-3H3,(H,27,31)(H,25,26,28)/b11-5+. The highest BCUT2D eigenvalue weighted by Crippen LogP contribution is 2.29. The molecule has 0 bridgehead atoms. The Labute approximate surface area is 212 Å². The lowest BCUT2D eigenvalue weighted by Crippen LogP contribution is -2.15. The molecule has 13 heteroatoms. The van der Waals surface area contributed by atoms with E-state index in [1.165, 1.54) is 81.9 Å². The van der Waals surface area contributed by atoms with Crippen LogP contribution >= 0.6 is 0 Å². The van der Waals surface area contributed by atoms with E-state index in [0.717, 1.165) is 0 Å². The third-order valence-electron chi connectivity index (χ3n) is 4.42. The predicted molar refractivity (Wildman–Crippen MR) is 133 cm³/mol. The van der Waals surface area contributed by atoms with Crippen LogP contribution in [0.5, 0.6) is 17.2 Å². The number of aromatic nitrogens is 2. The Balaban J connectivity index is 1.65. The third-order valence-corrected chi connectivity index (χ3v) is 5.77. The number of nitrogens with zero attached hydrogens (tertiary/aromatic N) is 2. The number of carbonyl (C=O) groups is 3. The number of methoxy groups -OCH3 is 1. The fourth-order valence-corrected chi connectivity index (χ4v) is 3.79. The van der Waals surface area contributed by atoms with E-state index in [2.05, 4.69) is 20.0 Å². The molecule has 3 rings (SSSR count). The van der Waals surface area contributed by atoms with E-state index in [-0.39, 0.29) is 22.3 Å². The number of hydrogen-bond acceptors (Lipinski definition) is 10. The van der Waals surface area contributed by atoms with Gasteiger partial charge < -0.3 is 19.5 Å². The zero-order chi connectivity index (χ0) is 27.0. The van der Waals surface area contributed by atoms with E-state index >= 15 is 0 Å². The topological polar surface area (TPSA) is 163 Å². The highest BCUT2D eigenvalue weighted by molar-refractivity contribution is 7.92. The van der Waals surface area contributed by atoms with Crippen LogP contribution in [0, 0.1) is 0 Å².